The molecule has 3 heterocycles. The summed E-state index contributed by atoms with van der Waals surface area (Å²) in [5, 5.41) is 27.1. The monoisotopic (exact) mass is 482 g/mol. The summed E-state index contributed by atoms with van der Waals surface area (Å²) in [5.74, 6) is 1.47. The fourth-order valence-corrected chi connectivity index (χ4v) is 5.90. The molecule has 0 saturated heterocycles. The van der Waals surface area contributed by atoms with Gasteiger partial charge in [-0.3, -0.25) is 9.48 Å². The zero-order valence-electron chi connectivity index (χ0n) is 20.4. The third kappa shape index (κ3) is 4.06. The molecule has 2 N–H and O–H groups in total. The van der Waals surface area contributed by atoms with E-state index < -0.39 is 0 Å². The van der Waals surface area contributed by atoms with Gasteiger partial charge in [-0.25, -0.2) is 0 Å². The van der Waals surface area contributed by atoms with Gasteiger partial charge in [-0.1, -0.05) is 18.9 Å². The molecule has 2 fully saturated rings. The van der Waals surface area contributed by atoms with Crippen LogP contribution in [-0.2, 0) is 0 Å². The number of hydrogen-bond donors (Lipinski definition) is 2. The van der Waals surface area contributed by atoms with Crippen LogP contribution in [0, 0.1) is 30.1 Å². The van der Waals surface area contributed by atoms with E-state index in [2.05, 4.69) is 45.6 Å². The molecule has 0 aliphatic heterocycles. The molecule has 1 aromatic carbocycles. The van der Waals surface area contributed by atoms with Gasteiger partial charge in [0.15, 0.2) is 5.82 Å². The van der Waals surface area contributed by atoms with E-state index in [1.165, 1.54) is 31.2 Å². The second kappa shape index (κ2) is 9.26. The topological polar surface area (TPSA) is 117 Å². The Balaban J connectivity index is 1.36. The summed E-state index contributed by atoms with van der Waals surface area (Å²) in [6.07, 6.45) is 12.6. The summed E-state index contributed by atoms with van der Waals surface area (Å²) in [7, 11) is 0. The number of nitrogens with zero attached hydrogens (tertiary/aromatic N) is 6. The van der Waals surface area contributed by atoms with Crippen LogP contribution in [-0.4, -0.2) is 29.8 Å². The Kier molecular flexibility index (Phi) is 5.80. The number of pyridine rings is 1. The Morgan fingerprint density at radius 3 is 2.61 bits per heavy atom. The number of aryl methyl sites for hydroxylation is 1. The zero-order chi connectivity index (χ0) is 24.6. The Morgan fingerprint density at radius 2 is 1.92 bits per heavy atom. The van der Waals surface area contributed by atoms with E-state index in [0.29, 0.717) is 29.5 Å². The zero-order valence-corrected chi connectivity index (χ0v) is 20.4. The highest BCUT2D eigenvalue weighted by Crippen LogP contribution is 2.43. The van der Waals surface area contributed by atoms with Crippen LogP contribution in [0.25, 0.3) is 10.9 Å². The van der Waals surface area contributed by atoms with Crippen LogP contribution in [0.2, 0.25) is 0 Å². The maximum absolute atomic E-state index is 12.8. The second-order valence-electron chi connectivity index (χ2n) is 10.2. The van der Waals surface area contributed by atoms with Gasteiger partial charge in [0, 0.05) is 11.9 Å². The molecule has 0 bridgehead atoms. The SMILES string of the molecule is Cc1cc(Nc2nn([C@@H](CC#N)C3CC3)c3cc[nH]c(=O)c23)ccc1[C@H](C1CCCC1)n1nccn1. The van der Waals surface area contributed by atoms with Gasteiger partial charge in [0.05, 0.1) is 42.5 Å². The lowest BCUT2D eigenvalue weighted by atomic mass is 9.89. The van der Waals surface area contributed by atoms with E-state index in [1.807, 2.05) is 21.6 Å². The quantitative estimate of drug-likeness (QED) is 0.364. The number of nitrogens with one attached hydrogen (secondary N) is 2. The summed E-state index contributed by atoms with van der Waals surface area (Å²) in [6, 6.07) is 10.6. The standard InChI is InChI=1S/C27H30N8O/c1-17-16-20(8-9-21(17)25(19-4-2-3-5-19)35-30-14-15-31-35)32-26-24-23(11-13-29-27(24)36)34(33-26)22(10-12-28)18-6-7-18/h8-9,11,13-16,18-19,22,25H,2-7,10H2,1H3,(H,29,36)(H,32,33)/t22-,25-/m0/s1. The lowest BCUT2D eigenvalue weighted by Gasteiger charge is -2.25. The number of nitriles is 1. The normalized spacial score (nSPS) is 17.8. The molecule has 2 aliphatic rings. The summed E-state index contributed by atoms with van der Waals surface area (Å²) >= 11 is 0. The van der Waals surface area contributed by atoms with Gasteiger partial charge in [-0.15, -0.1) is 0 Å². The molecule has 4 aromatic rings. The second-order valence-corrected chi connectivity index (χ2v) is 10.2. The molecule has 2 atom stereocenters. The first-order chi connectivity index (χ1) is 17.6. The fraction of sp³-hybridized carbons (Fsp3) is 0.444. The molecule has 0 spiro atoms. The Morgan fingerprint density at radius 1 is 1.14 bits per heavy atom. The molecule has 9 nitrogen and oxygen atoms in total. The number of aromatic amines is 1. The van der Waals surface area contributed by atoms with Crippen molar-refractivity contribution >= 4 is 22.4 Å². The molecule has 2 saturated carbocycles. The first-order valence-corrected chi connectivity index (χ1v) is 12.8. The van der Waals surface area contributed by atoms with Crippen LogP contribution in [0.4, 0.5) is 11.5 Å². The number of H-pyrrole nitrogens is 1. The summed E-state index contributed by atoms with van der Waals surface area (Å²) in [5.41, 5.74) is 3.81. The van der Waals surface area contributed by atoms with Gasteiger partial charge in [-0.05, 0) is 73.8 Å². The van der Waals surface area contributed by atoms with Crippen molar-refractivity contribution in [2.24, 2.45) is 11.8 Å². The third-order valence-electron chi connectivity index (χ3n) is 7.79. The van der Waals surface area contributed by atoms with Crippen molar-refractivity contribution in [1.82, 2.24) is 29.8 Å². The first kappa shape index (κ1) is 22.5. The third-order valence-corrected chi connectivity index (χ3v) is 7.79. The Labute approximate surface area is 209 Å². The number of anilines is 2. The molecular formula is C27H30N8O. The van der Waals surface area contributed by atoms with Crippen LogP contribution >= 0.6 is 0 Å². The molecule has 9 heteroatoms. The van der Waals surface area contributed by atoms with Gasteiger partial charge in [-0.2, -0.15) is 25.4 Å². The fourth-order valence-electron chi connectivity index (χ4n) is 5.90. The molecule has 0 radical (unpaired) electrons. The van der Waals surface area contributed by atoms with Crippen LogP contribution in [0.5, 0.6) is 0 Å². The maximum atomic E-state index is 12.8. The van der Waals surface area contributed by atoms with Gasteiger partial charge in [0.25, 0.3) is 5.56 Å². The van der Waals surface area contributed by atoms with Gasteiger partial charge >= 0.3 is 0 Å². The van der Waals surface area contributed by atoms with Crippen LogP contribution in [0.1, 0.15) is 68.2 Å². The van der Waals surface area contributed by atoms with Crippen LogP contribution < -0.4 is 10.9 Å². The molecule has 3 aromatic heterocycles. The number of benzene rings is 1. The molecule has 2 aliphatic carbocycles. The lowest BCUT2D eigenvalue weighted by Crippen LogP contribution is -2.22. The summed E-state index contributed by atoms with van der Waals surface area (Å²) in [6.45, 7) is 2.12. The molecule has 0 amide bonds. The highest BCUT2D eigenvalue weighted by Gasteiger charge is 2.35. The van der Waals surface area contributed by atoms with E-state index in [1.54, 1.807) is 18.6 Å². The Bertz CT molecular complexity index is 1470. The van der Waals surface area contributed by atoms with Gasteiger partial charge in [0.2, 0.25) is 0 Å². The smallest absolute Gasteiger partial charge is 0.261 e. The summed E-state index contributed by atoms with van der Waals surface area (Å²) in [4.78, 5) is 17.5. The first-order valence-electron chi connectivity index (χ1n) is 12.8. The van der Waals surface area contributed by atoms with Gasteiger partial charge in [0.1, 0.15) is 5.39 Å². The summed E-state index contributed by atoms with van der Waals surface area (Å²) < 4.78 is 1.88. The van der Waals surface area contributed by atoms with Crippen LogP contribution in [0.15, 0.2) is 47.7 Å². The number of rotatable bonds is 8. The van der Waals surface area contributed by atoms with Crippen molar-refractivity contribution in [3.8, 4) is 6.07 Å². The van der Waals surface area contributed by atoms with Crippen molar-refractivity contribution in [3.63, 3.8) is 0 Å². The van der Waals surface area contributed by atoms with E-state index >= 15 is 0 Å². The van der Waals surface area contributed by atoms with Gasteiger partial charge < -0.3 is 10.3 Å². The minimum Gasteiger partial charge on any atom is -0.338 e. The number of aromatic nitrogens is 6. The van der Waals surface area contributed by atoms with Crippen molar-refractivity contribution < 1.29 is 0 Å². The van der Waals surface area contributed by atoms with Crippen molar-refractivity contribution in [1.29, 1.82) is 5.26 Å². The molecule has 36 heavy (non-hydrogen) atoms. The average molecular weight is 483 g/mol. The van der Waals surface area contributed by atoms with Crippen LogP contribution in [0.3, 0.4) is 0 Å². The molecule has 0 unspecified atom stereocenters. The molecule has 6 rings (SSSR count). The number of fused-ring (bicyclic) bond motifs is 1. The highest BCUT2D eigenvalue weighted by atomic mass is 16.1. The lowest BCUT2D eigenvalue weighted by molar-refractivity contribution is 0.327. The predicted octanol–water partition coefficient (Wildman–Crippen LogP) is 5.01. The van der Waals surface area contributed by atoms with E-state index in [9.17, 15) is 10.1 Å². The molecule has 184 valence electrons. The van der Waals surface area contributed by atoms with E-state index in [0.717, 1.165) is 29.6 Å². The predicted molar refractivity (Wildman–Crippen MR) is 137 cm³/mol. The minimum atomic E-state index is -0.188. The van der Waals surface area contributed by atoms with Crippen molar-refractivity contribution in [3.05, 3.63) is 64.3 Å². The largest absolute Gasteiger partial charge is 0.338 e. The van der Waals surface area contributed by atoms with Crippen molar-refractivity contribution in [2.75, 3.05) is 5.32 Å². The highest BCUT2D eigenvalue weighted by molar-refractivity contribution is 5.91. The minimum absolute atomic E-state index is 0.0206. The van der Waals surface area contributed by atoms with E-state index in [4.69, 9.17) is 5.10 Å². The van der Waals surface area contributed by atoms with E-state index in [-0.39, 0.29) is 17.6 Å². The molecular weight excluding hydrogens is 452 g/mol. The van der Waals surface area contributed by atoms with Crippen molar-refractivity contribution in [2.45, 2.75) is 64.0 Å². The average Bonchev–Trinajstić information content (AvgIpc) is 3.24. The Hall–Kier alpha value is -3.93. The maximum Gasteiger partial charge on any atom is 0.261 e. The number of hydrogen-bond acceptors (Lipinski definition) is 6.